The average molecular weight is 924 g/mol. The number of carbonyl (C=O) groups excluding carboxylic acids is 1. The van der Waals surface area contributed by atoms with Gasteiger partial charge >= 0.3 is 11.9 Å². The molecule has 65 heavy (non-hydrogen) atoms. The number of hydrogen-bond acceptors (Lipinski definition) is 17. The van der Waals surface area contributed by atoms with Crippen LogP contribution in [0.3, 0.4) is 0 Å². The number of aliphatic hydroxyl groups is 10. The molecule has 2 bridgehead atoms. The van der Waals surface area contributed by atoms with Gasteiger partial charge in [-0.05, 0) is 33.1 Å². The molecule has 18 nitrogen and oxygen atoms in total. The summed E-state index contributed by atoms with van der Waals surface area (Å²) in [6.45, 7) is 6.74. The van der Waals surface area contributed by atoms with Crippen LogP contribution in [0.25, 0.3) is 0 Å². The normalized spacial score (nSPS) is 45.5. The predicted molar refractivity (Wildman–Crippen MR) is 237 cm³/mol. The largest absolute Gasteiger partial charge is 0.481 e. The Morgan fingerprint density at radius 1 is 0.662 bits per heavy atom. The summed E-state index contributed by atoms with van der Waals surface area (Å²) in [7, 11) is 0. The molecule has 2 saturated heterocycles. The van der Waals surface area contributed by atoms with Crippen molar-refractivity contribution in [1.82, 2.24) is 0 Å². The molecule has 3 aliphatic rings. The van der Waals surface area contributed by atoms with Crippen molar-refractivity contribution in [2.45, 2.75) is 177 Å². The van der Waals surface area contributed by atoms with Crippen LogP contribution in [0, 0.1) is 17.8 Å². The molecule has 0 aromatic heterocycles. The van der Waals surface area contributed by atoms with E-state index in [1.807, 2.05) is 19.1 Å². The van der Waals surface area contributed by atoms with Gasteiger partial charge in [0, 0.05) is 37.5 Å². The Morgan fingerprint density at radius 2 is 1.23 bits per heavy atom. The molecule has 0 saturated carbocycles. The molecule has 368 valence electrons. The van der Waals surface area contributed by atoms with Gasteiger partial charge in [0.25, 0.3) is 0 Å². The van der Waals surface area contributed by atoms with E-state index in [0.29, 0.717) is 0 Å². The highest BCUT2D eigenvalue weighted by molar-refractivity contribution is 5.71. The smallest absolute Gasteiger partial charge is 0.311 e. The van der Waals surface area contributed by atoms with Crippen molar-refractivity contribution < 1.29 is 84.7 Å². The molecule has 2 fully saturated rings. The lowest BCUT2D eigenvalue weighted by Crippen LogP contribution is -2.61. The summed E-state index contributed by atoms with van der Waals surface area (Å²) in [6.07, 6.45) is 3.46. The van der Waals surface area contributed by atoms with Gasteiger partial charge in [-0.15, -0.1) is 0 Å². The second-order valence-electron chi connectivity index (χ2n) is 17.6. The zero-order valence-electron chi connectivity index (χ0n) is 37.6. The van der Waals surface area contributed by atoms with Crippen LogP contribution in [0.15, 0.2) is 85.1 Å². The number of ether oxygens (including phenoxy) is 4. The Bertz CT molecular complexity index is 1670. The van der Waals surface area contributed by atoms with Gasteiger partial charge in [0.2, 0.25) is 0 Å². The summed E-state index contributed by atoms with van der Waals surface area (Å²) in [5.41, 5.74) is 6.02. The Hall–Kier alpha value is -3.44. The topological polar surface area (TPSA) is 320 Å². The van der Waals surface area contributed by atoms with Crippen LogP contribution >= 0.6 is 0 Å². The van der Waals surface area contributed by atoms with Gasteiger partial charge in [0.1, 0.15) is 18.1 Å². The second-order valence-corrected chi connectivity index (χ2v) is 17.6. The fourth-order valence-electron chi connectivity index (χ4n) is 7.97. The summed E-state index contributed by atoms with van der Waals surface area (Å²) in [5.74, 6) is -6.83. The molecule has 3 aliphatic heterocycles. The van der Waals surface area contributed by atoms with Crippen LogP contribution < -0.4 is 5.73 Å². The van der Waals surface area contributed by atoms with E-state index in [0.717, 1.165) is 0 Å². The predicted octanol–water partition coefficient (Wildman–Crippen LogP) is 0.712. The number of rotatable bonds is 3. The lowest BCUT2D eigenvalue weighted by atomic mass is 9.82. The summed E-state index contributed by atoms with van der Waals surface area (Å²) >= 11 is 0. The number of nitrogens with two attached hydrogens (primary N) is 1. The number of aliphatic hydroxyl groups excluding tert-OH is 9. The van der Waals surface area contributed by atoms with Crippen molar-refractivity contribution in [2.24, 2.45) is 23.5 Å². The SMILES string of the molecule is C[C@@H]1[C@H](O)[C@@H](C)/C=C/C=C/C=C/C=C/C=C/C=C/C=C\[C@H](O[C@@H]2O[C@H](C)[C@@H](O)[C@H](N)[C@@H]2O)C[C@@H]2O[C@](O)(C[C@@H](O)C[C@@H](O)[C@H](O)CC[C@@H](O)C[C@@H](O)CC(=O)O[C@H]1C)C[C@H](O)[C@@H]2C(=O)O. The number of cyclic esters (lactones) is 1. The number of esters is 1. The summed E-state index contributed by atoms with van der Waals surface area (Å²) in [5, 5.41) is 118. The van der Waals surface area contributed by atoms with Crippen molar-refractivity contribution in [3.05, 3.63) is 85.1 Å². The maximum absolute atomic E-state index is 12.6. The van der Waals surface area contributed by atoms with Crippen molar-refractivity contribution in [3.63, 3.8) is 0 Å². The Kier molecular flexibility index (Phi) is 23.6. The number of carboxylic acids is 1. The minimum Gasteiger partial charge on any atom is -0.481 e. The lowest BCUT2D eigenvalue weighted by molar-refractivity contribution is -0.308. The highest BCUT2D eigenvalue weighted by Crippen LogP contribution is 2.38. The first-order valence-electron chi connectivity index (χ1n) is 22.3. The van der Waals surface area contributed by atoms with Gasteiger partial charge in [-0.1, -0.05) is 98.9 Å². The van der Waals surface area contributed by atoms with E-state index in [1.54, 1.807) is 80.7 Å². The molecular formula is C47H73NO17. The fraction of sp³-hybridized carbons (Fsp3) is 0.660. The molecule has 19 atom stereocenters. The quantitative estimate of drug-likeness (QED) is 0.174. The van der Waals surface area contributed by atoms with Crippen LogP contribution in [0.1, 0.15) is 79.1 Å². The molecule has 13 N–H and O–H groups in total. The van der Waals surface area contributed by atoms with E-state index in [1.165, 1.54) is 13.0 Å². The minimum absolute atomic E-state index is 0.107. The number of carboxylic acid groups (broad SMARTS) is 1. The van der Waals surface area contributed by atoms with Gasteiger partial charge in [0.05, 0.1) is 79.6 Å². The molecule has 0 aromatic rings. The summed E-state index contributed by atoms with van der Waals surface area (Å²) in [6, 6.07) is -1.15. The fourth-order valence-corrected chi connectivity index (χ4v) is 7.97. The molecule has 0 aromatic carbocycles. The molecule has 3 heterocycles. The van der Waals surface area contributed by atoms with Crippen LogP contribution in [0.5, 0.6) is 0 Å². The lowest BCUT2D eigenvalue weighted by Gasteiger charge is -2.45. The third-order valence-corrected chi connectivity index (χ3v) is 12.0. The molecule has 18 heteroatoms. The van der Waals surface area contributed by atoms with Gasteiger partial charge in [-0.2, -0.15) is 0 Å². The van der Waals surface area contributed by atoms with Gasteiger partial charge in [0.15, 0.2) is 12.1 Å². The summed E-state index contributed by atoms with van der Waals surface area (Å²) in [4.78, 5) is 25.1. The van der Waals surface area contributed by atoms with E-state index < -0.39 is 147 Å². The summed E-state index contributed by atoms with van der Waals surface area (Å²) < 4.78 is 23.1. The minimum atomic E-state index is -2.33. The number of allylic oxidation sites excluding steroid dienone is 12. The Labute approximate surface area is 381 Å². The highest BCUT2D eigenvalue weighted by Gasteiger charge is 2.51. The molecule has 0 aliphatic carbocycles. The number of aliphatic carboxylic acids is 1. The average Bonchev–Trinajstić information content (AvgIpc) is 3.21. The third kappa shape index (κ3) is 18.6. The maximum Gasteiger partial charge on any atom is 0.311 e. The van der Waals surface area contributed by atoms with E-state index in [2.05, 4.69) is 0 Å². The monoisotopic (exact) mass is 923 g/mol. The standard InChI is InChI=1S/C47H73NO17/c1-27-17-15-13-11-9-7-5-6-8-10-12-14-16-18-34(64-46-44(58)41(48)43(57)30(4)63-46)24-38-40(45(59)60)37(54)26-47(61,65-38)25-33(51)22-36(53)35(52)20-19-31(49)21-32(50)23-39(55)62-29(3)28(2)42(27)56/h5-18,27-38,40-44,46,49-54,56-58,61H,19-26,48H2,1-4H3,(H,59,60)/b6-5+,9-7+,10-8+,13-11+,14-12+,17-15+,18-16-/t27-,28-,29-,30+,31+,32+,33-,34-,35+,36+,37-,38-,40-,41-,42+,43+,44-,46-,47+/m0/s1. The first-order chi connectivity index (χ1) is 30.6. The van der Waals surface area contributed by atoms with Crippen molar-refractivity contribution >= 4 is 11.9 Å². The van der Waals surface area contributed by atoms with Gasteiger partial charge in [-0.25, -0.2) is 0 Å². The zero-order chi connectivity index (χ0) is 48.4. The zero-order valence-corrected chi connectivity index (χ0v) is 37.6. The van der Waals surface area contributed by atoms with Crippen LogP contribution in [-0.4, -0.2) is 166 Å². The second kappa shape index (κ2) is 27.4. The first-order valence-corrected chi connectivity index (χ1v) is 22.3. The van der Waals surface area contributed by atoms with Crippen LogP contribution in [-0.2, 0) is 28.5 Å². The third-order valence-electron chi connectivity index (χ3n) is 12.0. The van der Waals surface area contributed by atoms with Crippen molar-refractivity contribution in [2.75, 3.05) is 0 Å². The molecule has 3 rings (SSSR count). The van der Waals surface area contributed by atoms with Crippen LogP contribution in [0.2, 0.25) is 0 Å². The number of hydrogen-bond donors (Lipinski definition) is 12. The molecular weight excluding hydrogens is 851 g/mol. The van der Waals surface area contributed by atoms with Gasteiger partial charge in [-0.3, -0.25) is 9.59 Å². The van der Waals surface area contributed by atoms with E-state index >= 15 is 0 Å². The molecule has 0 unspecified atom stereocenters. The Balaban J connectivity index is 1.86. The maximum atomic E-state index is 12.6. The number of fused-ring (bicyclic) bond motifs is 2. The van der Waals surface area contributed by atoms with Crippen molar-refractivity contribution in [1.29, 1.82) is 0 Å². The molecule has 0 radical (unpaired) electrons. The Morgan fingerprint density at radius 3 is 1.82 bits per heavy atom. The number of carbonyl (C=O) groups is 2. The first kappa shape index (κ1) is 55.9. The van der Waals surface area contributed by atoms with Crippen LogP contribution in [0.4, 0.5) is 0 Å². The van der Waals surface area contributed by atoms with E-state index in [4.69, 9.17) is 24.7 Å². The molecule has 0 amide bonds. The molecule has 0 spiro atoms. The van der Waals surface area contributed by atoms with Gasteiger partial charge < -0.3 is 80.9 Å². The van der Waals surface area contributed by atoms with E-state index in [9.17, 15) is 65.8 Å². The van der Waals surface area contributed by atoms with E-state index in [-0.39, 0.29) is 31.6 Å². The van der Waals surface area contributed by atoms with Crippen molar-refractivity contribution in [3.8, 4) is 0 Å². The highest BCUT2D eigenvalue weighted by atomic mass is 16.7.